The smallest absolute Gasteiger partial charge is 0.237 e. The lowest BCUT2D eigenvalue weighted by molar-refractivity contribution is -0.130. The van der Waals surface area contributed by atoms with Crippen LogP contribution in [-0.4, -0.2) is 76.0 Å². The maximum atomic E-state index is 11.7. The van der Waals surface area contributed by atoms with E-state index in [9.17, 15) is 4.79 Å². The largest absolute Gasteiger partial charge is 0.480 e. The van der Waals surface area contributed by atoms with Crippen LogP contribution in [0.4, 0.5) is 0 Å². The maximum absolute atomic E-state index is 11.7. The molecule has 0 radical (unpaired) electrons. The van der Waals surface area contributed by atoms with Crippen LogP contribution in [0.15, 0.2) is 48.8 Å². The second-order valence-corrected chi connectivity index (χ2v) is 10.5. The molecule has 0 atom stereocenters. The summed E-state index contributed by atoms with van der Waals surface area (Å²) in [7, 11) is 3.10. The fraction of sp³-hybridized carbons (Fsp3) is 0.300. The highest BCUT2D eigenvalue weighted by Gasteiger charge is 2.22. The van der Waals surface area contributed by atoms with E-state index in [0.29, 0.717) is 69.6 Å². The van der Waals surface area contributed by atoms with E-state index in [0.717, 1.165) is 29.9 Å². The van der Waals surface area contributed by atoms with Gasteiger partial charge in [-0.05, 0) is 0 Å². The normalized spacial score (nSPS) is 13.7. The van der Waals surface area contributed by atoms with Crippen LogP contribution in [0, 0.1) is 0 Å². The third-order valence-electron chi connectivity index (χ3n) is 7.23. The van der Waals surface area contributed by atoms with Crippen molar-refractivity contribution < 1.29 is 14.3 Å². The third-order valence-corrected chi connectivity index (χ3v) is 8.05. The average Bonchev–Trinajstić information content (AvgIpc) is 3.01. The van der Waals surface area contributed by atoms with Crippen LogP contribution in [0.25, 0.3) is 33.6 Å². The van der Waals surface area contributed by atoms with E-state index in [1.807, 2.05) is 41.3 Å². The lowest BCUT2D eigenvalue weighted by Gasteiger charge is -2.34. The highest BCUT2D eigenvalue weighted by molar-refractivity contribution is 6.39. The van der Waals surface area contributed by atoms with Gasteiger partial charge >= 0.3 is 0 Å². The Bertz CT molecular complexity index is 1610. The van der Waals surface area contributed by atoms with Crippen molar-refractivity contribution in [2.45, 2.75) is 20.0 Å². The van der Waals surface area contributed by atoms with Crippen LogP contribution in [0.2, 0.25) is 10.0 Å². The van der Waals surface area contributed by atoms with Gasteiger partial charge in [-0.25, -0.2) is 9.97 Å². The van der Waals surface area contributed by atoms with E-state index in [2.05, 4.69) is 19.9 Å². The summed E-state index contributed by atoms with van der Waals surface area (Å²) in [5.74, 6) is 0.876. The van der Waals surface area contributed by atoms with Gasteiger partial charge in [0.25, 0.3) is 0 Å². The molecule has 5 rings (SSSR count). The number of carbonyl (C=O) groups is 1. The van der Waals surface area contributed by atoms with Gasteiger partial charge in [0, 0.05) is 68.4 Å². The number of ether oxygens (including phenoxy) is 2. The molecule has 2 aromatic carbocycles. The summed E-state index contributed by atoms with van der Waals surface area (Å²) in [4.78, 5) is 34.1. The number of amides is 1. The fourth-order valence-corrected chi connectivity index (χ4v) is 5.59. The summed E-state index contributed by atoms with van der Waals surface area (Å²) in [6, 6.07) is 11.3. The van der Waals surface area contributed by atoms with Gasteiger partial charge in [-0.2, -0.15) is 0 Å². The molecule has 1 saturated heterocycles. The average molecular weight is 609 g/mol. The molecule has 0 spiro atoms. The number of rotatable bonds is 8. The first-order chi connectivity index (χ1) is 20.3. The molecule has 42 heavy (non-hydrogen) atoms. The molecule has 3 heterocycles. The van der Waals surface area contributed by atoms with Crippen LogP contribution in [0.5, 0.6) is 11.8 Å². The molecule has 1 fully saturated rings. The molecule has 12 heteroatoms. The van der Waals surface area contributed by atoms with E-state index in [4.69, 9.17) is 43.4 Å². The summed E-state index contributed by atoms with van der Waals surface area (Å²) < 4.78 is 11.0. The first-order valence-electron chi connectivity index (χ1n) is 13.4. The standard InChI is InChI=1S/C30H31Cl2N7O3/c1-18(40)39-12-10-38(11-13-39)17-26-30(42-3)37-25(16-35-26)22-9-5-7-20(28(22)32)19-6-4-8-21(27(19)31)24-15-34-23(14-33)29(36-24)41-2/h4-9,15-16H,10-14,17,33H2,1-3H3. The van der Waals surface area contributed by atoms with E-state index < -0.39 is 0 Å². The molecule has 218 valence electrons. The molecule has 2 N–H and O–H groups in total. The monoisotopic (exact) mass is 607 g/mol. The topological polar surface area (TPSA) is 120 Å². The Morgan fingerprint density at radius 1 is 0.810 bits per heavy atom. The Morgan fingerprint density at radius 3 is 1.76 bits per heavy atom. The lowest BCUT2D eigenvalue weighted by atomic mass is 9.98. The number of halogens is 2. The van der Waals surface area contributed by atoms with E-state index in [1.54, 1.807) is 26.4 Å². The molecule has 0 bridgehead atoms. The number of aromatic nitrogens is 4. The highest BCUT2D eigenvalue weighted by atomic mass is 35.5. The quantitative estimate of drug-likeness (QED) is 0.303. The molecular formula is C30H31Cl2N7O3. The Morgan fingerprint density at radius 2 is 1.29 bits per heavy atom. The molecule has 1 amide bonds. The summed E-state index contributed by atoms with van der Waals surface area (Å²) in [6.07, 6.45) is 3.33. The van der Waals surface area contributed by atoms with Gasteiger partial charge in [-0.1, -0.05) is 59.6 Å². The first-order valence-corrected chi connectivity index (χ1v) is 14.2. The molecule has 0 aliphatic carbocycles. The number of nitrogens with zero attached hydrogens (tertiary/aromatic N) is 6. The van der Waals surface area contributed by atoms with Gasteiger partial charge in [0.15, 0.2) is 0 Å². The van der Waals surface area contributed by atoms with Gasteiger partial charge in [0.05, 0.1) is 48.0 Å². The minimum atomic E-state index is 0.0959. The zero-order valence-corrected chi connectivity index (χ0v) is 25.1. The number of piperazine rings is 1. The van der Waals surface area contributed by atoms with Gasteiger partial charge in [-0.3, -0.25) is 19.7 Å². The summed E-state index contributed by atoms with van der Waals surface area (Å²) in [5, 5.41) is 0.945. The van der Waals surface area contributed by atoms with Crippen molar-refractivity contribution in [1.29, 1.82) is 0 Å². The number of carbonyl (C=O) groups excluding carboxylic acids is 1. The summed E-state index contributed by atoms with van der Waals surface area (Å²) >= 11 is 13.9. The molecule has 10 nitrogen and oxygen atoms in total. The first kappa shape index (κ1) is 29.7. The molecule has 2 aromatic heterocycles. The predicted octanol–water partition coefficient (Wildman–Crippen LogP) is 4.71. The van der Waals surface area contributed by atoms with Crippen molar-refractivity contribution in [2.75, 3.05) is 40.4 Å². The molecule has 1 aliphatic heterocycles. The zero-order valence-electron chi connectivity index (χ0n) is 23.6. The van der Waals surface area contributed by atoms with Gasteiger partial charge in [0.1, 0.15) is 11.4 Å². The number of benzene rings is 2. The lowest BCUT2D eigenvalue weighted by Crippen LogP contribution is -2.47. The van der Waals surface area contributed by atoms with Crippen molar-refractivity contribution in [1.82, 2.24) is 29.7 Å². The molecule has 0 saturated carbocycles. The Labute approximate surface area is 254 Å². The van der Waals surface area contributed by atoms with Crippen molar-refractivity contribution in [3.8, 4) is 45.4 Å². The van der Waals surface area contributed by atoms with Crippen molar-refractivity contribution >= 4 is 29.1 Å². The van der Waals surface area contributed by atoms with E-state index in [-0.39, 0.29) is 12.5 Å². The summed E-state index contributed by atoms with van der Waals surface area (Å²) in [5.41, 5.74) is 11.0. The highest BCUT2D eigenvalue weighted by Crippen LogP contribution is 2.42. The van der Waals surface area contributed by atoms with Crippen LogP contribution < -0.4 is 15.2 Å². The van der Waals surface area contributed by atoms with E-state index in [1.165, 1.54) is 7.11 Å². The van der Waals surface area contributed by atoms with Gasteiger partial charge in [0.2, 0.25) is 17.7 Å². The molecule has 4 aromatic rings. The van der Waals surface area contributed by atoms with Gasteiger partial charge < -0.3 is 20.1 Å². The number of hydrogen-bond acceptors (Lipinski definition) is 9. The van der Waals surface area contributed by atoms with Crippen LogP contribution >= 0.6 is 23.2 Å². The Hall–Kier alpha value is -3.83. The second-order valence-electron chi connectivity index (χ2n) is 9.74. The van der Waals surface area contributed by atoms with Crippen molar-refractivity contribution in [3.05, 3.63) is 70.2 Å². The number of nitrogens with two attached hydrogens (primary N) is 1. The predicted molar refractivity (Wildman–Crippen MR) is 162 cm³/mol. The van der Waals surface area contributed by atoms with Crippen LogP contribution in [0.3, 0.4) is 0 Å². The molecule has 1 aliphatic rings. The minimum Gasteiger partial charge on any atom is -0.480 e. The maximum Gasteiger partial charge on any atom is 0.237 e. The zero-order chi connectivity index (χ0) is 29.8. The Kier molecular flexibility index (Phi) is 9.18. The third kappa shape index (κ3) is 6.03. The number of methoxy groups -OCH3 is 2. The van der Waals surface area contributed by atoms with Crippen molar-refractivity contribution in [2.24, 2.45) is 5.73 Å². The van der Waals surface area contributed by atoms with Crippen LogP contribution in [-0.2, 0) is 17.9 Å². The van der Waals surface area contributed by atoms with Crippen LogP contribution in [0.1, 0.15) is 18.3 Å². The minimum absolute atomic E-state index is 0.0959. The van der Waals surface area contributed by atoms with Crippen molar-refractivity contribution in [3.63, 3.8) is 0 Å². The molecular weight excluding hydrogens is 577 g/mol. The second kappa shape index (κ2) is 13.0. The molecule has 0 unspecified atom stereocenters. The van der Waals surface area contributed by atoms with Gasteiger partial charge in [-0.15, -0.1) is 0 Å². The fourth-order valence-electron chi connectivity index (χ4n) is 4.94. The Balaban J connectivity index is 1.45. The number of hydrogen-bond donors (Lipinski definition) is 1. The summed E-state index contributed by atoms with van der Waals surface area (Å²) in [6.45, 7) is 5.27. The van der Waals surface area contributed by atoms with E-state index >= 15 is 0 Å². The SMILES string of the molecule is COc1nc(-c2cccc(-c3cccc(-c4cnc(CN5CCN(C(C)=O)CC5)c(OC)n4)c3Cl)c2Cl)cnc1CN.